The molecule has 1 saturated carbocycles. The zero-order valence-electron chi connectivity index (χ0n) is 8.95. The summed E-state index contributed by atoms with van der Waals surface area (Å²) in [6.07, 6.45) is 4.72. The molecule has 0 spiro atoms. The lowest BCUT2D eigenvalue weighted by Crippen LogP contribution is -2.43. The van der Waals surface area contributed by atoms with E-state index in [2.05, 4.69) is 15.9 Å². The molecule has 1 unspecified atom stereocenters. The van der Waals surface area contributed by atoms with Gasteiger partial charge in [0.1, 0.15) is 0 Å². The van der Waals surface area contributed by atoms with Crippen LogP contribution in [0.3, 0.4) is 0 Å². The van der Waals surface area contributed by atoms with Gasteiger partial charge in [0.2, 0.25) is 5.91 Å². The van der Waals surface area contributed by atoms with Crippen LogP contribution in [0.15, 0.2) is 0 Å². The lowest BCUT2D eigenvalue weighted by molar-refractivity contribution is -0.133. The summed E-state index contributed by atoms with van der Waals surface area (Å²) in [7, 11) is 0. The van der Waals surface area contributed by atoms with Crippen LogP contribution < -0.4 is 0 Å². The van der Waals surface area contributed by atoms with E-state index in [4.69, 9.17) is 4.74 Å². The molecule has 1 heterocycles. The Hall–Kier alpha value is -0.0900. The fourth-order valence-corrected chi connectivity index (χ4v) is 2.44. The fourth-order valence-electron chi connectivity index (χ4n) is 1.82. The van der Waals surface area contributed by atoms with Crippen LogP contribution >= 0.6 is 15.9 Å². The molecule has 2 rings (SSSR count). The van der Waals surface area contributed by atoms with Gasteiger partial charge in [-0.3, -0.25) is 4.79 Å². The summed E-state index contributed by atoms with van der Waals surface area (Å²) in [5.41, 5.74) is 0. The van der Waals surface area contributed by atoms with Gasteiger partial charge in [-0.05, 0) is 31.6 Å². The molecule has 15 heavy (non-hydrogen) atoms. The molecule has 1 atom stereocenters. The van der Waals surface area contributed by atoms with Crippen LogP contribution in [-0.2, 0) is 9.53 Å². The van der Waals surface area contributed by atoms with Crippen molar-refractivity contribution >= 4 is 21.8 Å². The van der Waals surface area contributed by atoms with E-state index in [1.165, 1.54) is 12.8 Å². The second kappa shape index (κ2) is 5.30. The summed E-state index contributed by atoms with van der Waals surface area (Å²) < 4.78 is 5.53. The molecular weight excluding hydrogens is 258 g/mol. The van der Waals surface area contributed by atoms with E-state index in [1.807, 2.05) is 4.90 Å². The average Bonchev–Trinajstić information content (AvgIpc) is 3.02. The zero-order valence-corrected chi connectivity index (χ0v) is 10.5. The summed E-state index contributed by atoms with van der Waals surface area (Å²) in [6, 6.07) is 0. The number of hydrogen-bond acceptors (Lipinski definition) is 2. The number of piperidine rings is 1. The van der Waals surface area contributed by atoms with Crippen LogP contribution in [-0.4, -0.2) is 41.9 Å². The minimum atomic E-state index is 0.0367. The molecule has 1 saturated heterocycles. The predicted octanol–water partition coefficient (Wildman–Crippen LogP) is 1.80. The van der Waals surface area contributed by atoms with Crippen molar-refractivity contribution in [3.05, 3.63) is 0 Å². The molecule has 0 aromatic heterocycles. The van der Waals surface area contributed by atoms with E-state index in [0.717, 1.165) is 38.5 Å². The van der Waals surface area contributed by atoms with Gasteiger partial charge < -0.3 is 9.64 Å². The van der Waals surface area contributed by atoms with Gasteiger partial charge >= 0.3 is 0 Å². The molecule has 1 aliphatic carbocycles. The van der Waals surface area contributed by atoms with Crippen molar-refractivity contribution in [1.29, 1.82) is 0 Å². The first kappa shape index (κ1) is 11.4. The molecular formula is C11H18BrNO2. The Morgan fingerprint density at radius 2 is 2.20 bits per heavy atom. The summed E-state index contributed by atoms with van der Waals surface area (Å²) >= 11 is 3.40. The summed E-state index contributed by atoms with van der Waals surface area (Å²) in [6.45, 7) is 3.24. The van der Waals surface area contributed by atoms with Crippen LogP contribution in [0.4, 0.5) is 0 Å². The predicted molar refractivity (Wildman–Crippen MR) is 62.1 cm³/mol. The molecule has 86 valence electrons. The molecule has 1 aliphatic heterocycles. The Labute approximate surface area is 99.3 Å². The van der Waals surface area contributed by atoms with E-state index >= 15 is 0 Å². The standard InChI is InChI=1S/C11H18BrNO2/c12-10-2-1-5-13(11(10)14)6-7-15-8-9-3-4-9/h9-10H,1-8H2. The van der Waals surface area contributed by atoms with Crippen molar-refractivity contribution in [1.82, 2.24) is 4.90 Å². The van der Waals surface area contributed by atoms with Crippen molar-refractivity contribution in [2.45, 2.75) is 30.5 Å². The molecule has 3 nitrogen and oxygen atoms in total. The van der Waals surface area contributed by atoms with Crippen LogP contribution in [0.2, 0.25) is 0 Å². The molecule has 0 radical (unpaired) electrons. The summed E-state index contributed by atoms with van der Waals surface area (Å²) in [4.78, 5) is 13.6. The zero-order chi connectivity index (χ0) is 10.7. The van der Waals surface area contributed by atoms with Crippen molar-refractivity contribution in [3.8, 4) is 0 Å². The van der Waals surface area contributed by atoms with Crippen molar-refractivity contribution in [2.24, 2.45) is 5.92 Å². The van der Waals surface area contributed by atoms with Gasteiger partial charge in [-0.25, -0.2) is 0 Å². The second-order valence-electron chi connectivity index (χ2n) is 4.45. The molecule has 1 amide bonds. The number of likely N-dealkylation sites (tertiary alicyclic amines) is 1. The molecule has 2 aliphatic rings. The quantitative estimate of drug-likeness (QED) is 0.566. The highest BCUT2D eigenvalue weighted by atomic mass is 79.9. The highest BCUT2D eigenvalue weighted by Gasteiger charge is 2.26. The van der Waals surface area contributed by atoms with E-state index in [1.54, 1.807) is 0 Å². The fraction of sp³-hybridized carbons (Fsp3) is 0.909. The number of rotatable bonds is 5. The number of nitrogens with zero attached hydrogens (tertiary/aromatic N) is 1. The molecule has 4 heteroatoms. The highest BCUT2D eigenvalue weighted by Crippen LogP contribution is 2.28. The van der Waals surface area contributed by atoms with Crippen molar-refractivity contribution < 1.29 is 9.53 Å². The van der Waals surface area contributed by atoms with E-state index in [-0.39, 0.29) is 10.7 Å². The topological polar surface area (TPSA) is 29.5 Å². The number of hydrogen-bond donors (Lipinski definition) is 0. The highest BCUT2D eigenvalue weighted by molar-refractivity contribution is 9.10. The minimum Gasteiger partial charge on any atom is -0.379 e. The first-order valence-corrected chi connectivity index (χ1v) is 6.69. The van der Waals surface area contributed by atoms with Gasteiger partial charge in [0.15, 0.2) is 0 Å². The maximum Gasteiger partial charge on any atom is 0.236 e. The van der Waals surface area contributed by atoms with Gasteiger partial charge in [0.05, 0.1) is 11.4 Å². The van der Waals surface area contributed by atoms with Crippen LogP contribution in [0.1, 0.15) is 25.7 Å². The number of amides is 1. The molecule has 2 fully saturated rings. The van der Waals surface area contributed by atoms with Gasteiger partial charge in [-0.15, -0.1) is 0 Å². The van der Waals surface area contributed by atoms with Crippen LogP contribution in [0.5, 0.6) is 0 Å². The summed E-state index contributed by atoms with van der Waals surface area (Å²) in [5.74, 6) is 1.04. The molecule has 0 aromatic rings. The first-order valence-electron chi connectivity index (χ1n) is 5.78. The van der Waals surface area contributed by atoms with E-state index in [9.17, 15) is 4.79 Å². The molecule has 0 N–H and O–H groups in total. The van der Waals surface area contributed by atoms with Crippen LogP contribution in [0.25, 0.3) is 0 Å². The largest absolute Gasteiger partial charge is 0.379 e. The average molecular weight is 276 g/mol. The number of carbonyl (C=O) groups is 1. The molecule has 0 bridgehead atoms. The number of alkyl halides is 1. The maximum atomic E-state index is 11.7. The van der Waals surface area contributed by atoms with Crippen molar-refractivity contribution in [2.75, 3.05) is 26.3 Å². The van der Waals surface area contributed by atoms with Gasteiger partial charge in [0, 0.05) is 19.7 Å². The third-order valence-electron chi connectivity index (χ3n) is 3.02. The molecule has 0 aromatic carbocycles. The Morgan fingerprint density at radius 3 is 2.93 bits per heavy atom. The third-order valence-corrected chi connectivity index (χ3v) is 3.87. The Morgan fingerprint density at radius 1 is 1.40 bits per heavy atom. The Bertz CT molecular complexity index is 231. The lowest BCUT2D eigenvalue weighted by atomic mass is 10.1. The van der Waals surface area contributed by atoms with E-state index in [0.29, 0.717) is 6.61 Å². The normalized spacial score (nSPS) is 27.1. The van der Waals surface area contributed by atoms with E-state index < -0.39 is 0 Å². The maximum absolute atomic E-state index is 11.7. The first-order chi connectivity index (χ1) is 7.27. The number of ether oxygens (including phenoxy) is 1. The summed E-state index contributed by atoms with van der Waals surface area (Å²) in [5, 5.41) is 0. The smallest absolute Gasteiger partial charge is 0.236 e. The SMILES string of the molecule is O=C1C(Br)CCCN1CCOCC1CC1. The van der Waals surface area contributed by atoms with Gasteiger partial charge in [0.25, 0.3) is 0 Å². The monoisotopic (exact) mass is 275 g/mol. The minimum absolute atomic E-state index is 0.0367. The lowest BCUT2D eigenvalue weighted by Gasteiger charge is -2.29. The Balaban J connectivity index is 1.61. The van der Waals surface area contributed by atoms with Gasteiger partial charge in [-0.1, -0.05) is 15.9 Å². The third kappa shape index (κ3) is 3.45. The van der Waals surface area contributed by atoms with Crippen LogP contribution in [0, 0.1) is 5.92 Å². The second-order valence-corrected chi connectivity index (χ2v) is 5.56. The number of carbonyl (C=O) groups excluding carboxylic acids is 1. The Kier molecular flexibility index (Phi) is 4.03. The van der Waals surface area contributed by atoms with Gasteiger partial charge in [-0.2, -0.15) is 0 Å². The van der Waals surface area contributed by atoms with Crippen molar-refractivity contribution in [3.63, 3.8) is 0 Å². The number of halogens is 1.